The molecule has 0 atom stereocenters. The maximum absolute atomic E-state index is 13.2. The Morgan fingerprint density at radius 1 is 1.07 bits per heavy atom. The molecule has 0 bridgehead atoms. The van der Waals surface area contributed by atoms with Crippen molar-refractivity contribution in [2.24, 2.45) is 0 Å². The number of esters is 1. The smallest absolute Gasteiger partial charge is 0.340 e. The van der Waals surface area contributed by atoms with Crippen LogP contribution < -0.4 is 5.32 Å². The van der Waals surface area contributed by atoms with E-state index in [0.29, 0.717) is 13.1 Å². The van der Waals surface area contributed by atoms with Crippen molar-refractivity contribution in [2.45, 2.75) is 17.7 Å². The number of hydrogen-bond acceptors (Lipinski definition) is 5. The second kappa shape index (κ2) is 9.07. The highest BCUT2D eigenvalue weighted by molar-refractivity contribution is 7.89. The lowest BCUT2D eigenvalue weighted by atomic mass is 10.2. The van der Waals surface area contributed by atoms with Gasteiger partial charge in [-0.25, -0.2) is 22.0 Å². The predicted molar refractivity (Wildman–Crippen MR) is 105 cm³/mol. The molecule has 0 aromatic heterocycles. The molecule has 2 aromatic rings. The normalized spacial score (nSPS) is 14.5. The summed E-state index contributed by atoms with van der Waals surface area (Å²) in [5.41, 5.74) is -0.232. The number of benzene rings is 2. The zero-order valence-electron chi connectivity index (χ0n) is 15.5. The van der Waals surface area contributed by atoms with Crippen molar-refractivity contribution in [1.29, 1.82) is 0 Å². The molecule has 1 aliphatic heterocycles. The first-order valence-corrected chi connectivity index (χ1v) is 10.7. The molecule has 3 rings (SSSR count). The Bertz CT molecular complexity index is 1090. The summed E-state index contributed by atoms with van der Waals surface area (Å²) in [5.74, 6) is -4.02. The highest BCUT2D eigenvalue weighted by Gasteiger charge is 2.28. The Morgan fingerprint density at radius 2 is 1.77 bits per heavy atom. The van der Waals surface area contributed by atoms with E-state index >= 15 is 0 Å². The first kappa shape index (κ1) is 22.1. The molecule has 0 saturated carbocycles. The van der Waals surface area contributed by atoms with E-state index in [1.807, 2.05) is 0 Å². The number of nitrogens with one attached hydrogen (secondary N) is 1. The molecule has 2 aromatic carbocycles. The Kier molecular flexibility index (Phi) is 6.69. The van der Waals surface area contributed by atoms with Crippen molar-refractivity contribution < 1.29 is 31.5 Å². The summed E-state index contributed by atoms with van der Waals surface area (Å²) in [6.45, 7) is 0.0566. The minimum absolute atomic E-state index is 0.0216. The second-order valence-corrected chi connectivity index (χ2v) is 8.85. The van der Waals surface area contributed by atoms with Crippen molar-refractivity contribution in [2.75, 3.05) is 25.0 Å². The lowest BCUT2D eigenvalue weighted by Crippen LogP contribution is -2.28. The van der Waals surface area contributed by atoms with Crippen LogP contribution >= 0.6 is 11.6 Å². The van der Waals surface area contributed by atoms with Crippen LogP contribution in [0, 0.1) is 11.6 Å². The van der Waals surface area contributed by atoms with Gasteiger partial charge in [-0.15, -0.1) is 0 Å². The first-order chi connectivity index (χ1) is 14.2. The van der Waals surface area contributed by atoms with Gasteiger partial charge in [0.15, 0.2) is 18.2 Å². The monoisotopic (exact) mass is 458 g/mol. The van der Waals surface area contributed by atoms with Crippen molar-refractivity contribution in [1.82, 2.24) is 4.31 Å². The first-order valence-electron chi connectivity index (χ1n) is 8.90. The standard InChI is InChI=1S/C19H17ClF2N2O5S/c20-15-5-4-13(30(27,28)24-7-1-2-8-24)10-14(15)19(26)29-11-18(25)23-12-3-6-16(21)17(22)9-12/h3-6,9-10H,1-2,7-8,11H2,(H,23,25). The van der Waals surface area contributed by atoms with Crippen LogP contribution in [-0.4, -0.2) is 44.3 Å². The maximum atomic E-state index is 13.2. The Morgan fingerprint density at radius 3 is 2.43 bits per heavy atom. The molecule has 0 spiro atoms. The fourth-order valence-electron chi connectivity index (χ4n) is 2.88. The van der Waals surface area contributed by atoms with Gasteiger partial charge in [-0.05, 0) is 43.2 Å². The number of halogens is 3. The summed E-state index contributed by atoms with van der Waals surface area (Å²) in [6, 6.07) is 6.42. The van der Waals surface area contributed by atoms with Crippen LogP contribution in [-0.2, 0) is 19.6 Å². The van der Waals surface area contributed by atoms with Crippen molar-refractivity contribution in [3.05, 3.63) is 58.6 Å². The number of sulfonamides is 1. The van der Waals surface area contributed by atoms with Crippen LogP contribution in [0.3, 0.4) is 0 Å². The van der Waals surface area contributed by atoms with Crippen LogP contribution in [0.4, 0.5) is 14.5 Å². The fourth-order valence-corrected chi connectivity index (χ4v) is 4.62. The van der Waals surface area contributed by atoms with Crippen molar-refractivity contribution in [3.8, 4) is 0 Å². The topological polar surface area (TPSA) is 92.8 Å². The summed E-state index contributed by atoms with van der Waals surface area (Å²) in [6.07, 6.45) is 1.52. The number of hydrogen-bond donors (Lipinski definition) is 1. The number of carbonyl (C=O) groups excluding carboxylic acids is 2. The highest BCUT2D eigenvalue weighted by atomic mass is 35.5. The van der Waals surface area contributed by atoms with Gasteiger partial charge < -0.3 is 10.1 Å². The van der Waals surface area contributed by atoms with Crippen LogP contribution in [0.1, 0.15) is 23.2 Å². The van der Waals surface area contributed by atoms with E-state index in [-0.39, 0.29) is 21.2 Å². The molecule has 0 aliphatic carbocycles. The number of ether oxygens (including phenoxy) is 1. The molecule has 1 N–H and O–H groups in total. The van der Waals surface area contributed by atoms with E-state index in [0.717, 1.165) is 37.1 Å². The average molecular weight is 459 g/mol. The van der Waals surface area contributed by atoms with Gasteiger partial charge in [-0.1, -0.05) is 11.6 Å². The largest absolute Gasteiger partial charge is 0.452 e. The number of amides is 1. The number of nitrogens with zero attached hydrogens (tertiary/aromatic N) is 1. The summed E-state index contributed by atoms with van der Waals surface area (Å²) in [5, 5.41) is 2.21. The van der Waals surface area contributed by atoms with Crippen LogP contribution in [0.15, 0.2) is 41.3 Å². The minimum atomic E-state index is -3.77. The number of carbonyl (C=O) groups is 2. The molecule has 7 nitrogen and oxygen atoms in total. The lowest BCUT2D eigenvalue weighted by Gasteiger charge is -2.16. The van der Waals surface area contributed by atoms with E-state index < -0.39 is 40.1 Å². The molecule has 0 radical (unpaired) electrons. The molecule has 1 heterocycles. The van der Waals surface area contributed by atoms with E-state index in [9.17, 15) is 26.8 Å². The highest BCUT2D eigenvalue weighted by Crippen LogP contribution is 2.26. The average Bonchev–Trinajstić information content (AvgIpc) is 3.25. The zero-order valence-corrected chi connectivity index (χ0v) is 17.1. The SMILES string of the molecule is O=C(COC(=O)c1cc(S(=O)(=O)N2CCCC2)ccc1Cl)Nc1ccc(F)c(F)c1. The van der Waals surface area contributed by atoms with Crippen LogP contribution in [0.2, 0.25) is 5.02 Å². The second-order valence-electron chi connectivity index (χ2n) is 6.51. The molecule has 1 aliphatic rings. The Balaban J connectivity index is 1.67. The lowest BCUT2D eigenvalue weighted by molar-refractivity contribution is -0.119. The number of anilines is 1. The van der Waals surface area contributed by atoms with E-state index in [4.69, 9.17) is 16.3 Å². The third kappa shape index (κ3) is 4.94. The Hall–Kier alpha value is -2.56. The van der Waals surface area contributed by atoms with Gasteiger partial charge in [0.1, 0.15) is 0 Å². The fraction of sp³-hybridized carbons (Fsp3) is 0.263. The maximum Gasteiger partial charge on any atom is 0.340 e. The molecule has 1 amide bonds. The van der Waals surface area contributed by atoms with Crippen molar-refractivity contribution >= 4 is 39.2 Å². The molecular formula is C19H17ClF2N2O5S. The van der Waals surface area contributed by atoms with Crippen LogP contribution in [0.25, 0.3) is 0 Å². The summed E-state index contributed by atoms with van der Waals surface area (Å²) < 4.78 is 57.6. The molecular weight excluding hydrogens is 442 g/mol. The third-order valence-electron chi connectivity index (χ3n) is 4.40. The molecule has 1 fully saturated rings. The van der Waals surface area contributed by atoms with E-state index in [1.165, 1.54) is 16.4 Å². The third-order valence-corrected chi connectivity index (χ3v) is 6.62. The summed E-state index contributed by atoms with van der Waals surface area (Å²) in [4.78, 5) is 24.1. The van der Waals surface area contributed by atoms with E-state index in [1.54, 1.807) is 0 Å². The van der Waals surface area contributed by atoms with Crippen molar-refractivity contribution in [3.63, 3.8) is 0 Å². The molecule has 0 unspecified atom stereocenters. The van der Waals surface area contributed by atoms with Gasteiger partial charge in [0, 0.05) is 24.8 Å². The quantitative estimate of drug-likeness (QED) is 0.671. The molecule has 11 heteroatoms. The summed E-state index contributed by atoms with van der Waals surface area (Å²) >= 11 is 5.99. The minimum Gasteiger partial charge on any atom is -0.452 e. The number of rotatable bonds is 6. The zero-order chi connectivity index (χ0) is 21.9. The van der Waals surface area contributed by atoms with Crippen LogP contribution in [0.5, 0.6) is 0 Å². The summed E-state index contributed by atoms with van der Waals surface area (Å²) in [7, 11) is -3.77. The van der Waals surface area contributed by atoms with Gasteiger partial charge in [0.05, 0.1) is 15.5 Å². The van der Waals surface area contributed by atoms with Gasteiger partial charge in [-0.3, -0.25) is 4.79 Å². The predicted octanol–water partition coefficient (Wildman–Crippen LogP) is 3.20. The molecule has 30 heavy (non-hydrogen) atoms. The van der Waals surface area contributed by atoms with Gasteiger partial charge in [0.2, 0.25) is 10.0 Å². The van der Waals surface area contributed by atoms with E-state index in [2.05, 4.69) is 5.32 Å². The molecule has 160 valence electrons. The molecule has 1 saturated heterocycles. The Labute approximate surface area is 176 Å². The van der Waals surface area contributed by atoms with Gasteiger partial charge >= 0.3 is 5.97 Å². The van der Waals surface area contributed by atoms with Gasteiger partial charge in [-0.2, -0.15) is 4.31 Å². The van der Waals surface area contributed by atoms with Gasteiger partial charge in [0.25, 0.3) is 5.91 Å².